The van der Waals surface area contributed by atoms with Crippen LogP contribution in [-0.4, -0.2) is 38.3 Å². The van der Waals surface area contributed by atoms with Crippen molar-refractivity contribution in [3.63, 3.8) is 0 Å². The minimum atomic E-state index is -3.61. The predicted molar refractivity (Wildman–Crippen MR) is 114 cm³/mol. The zero-order valence-electron chi connectivity index (χ0n) is 17.0. The number of rotatable bonds is 9. The lowest BCUT2D eigenvalue weighted by Gasteiger charge is -2.20. The fraction of sp³-hybridized carbons (Fsp3) is 0.667. The number of hydrogen-bond acceptors (Lipinski definition) is 3. The first kappa shape index (κ1) is 23.2. The number of unbranched alkanes of at least 4 members (excludes halogenated alkanes) is 1. The Balaban J connectivity index is 2.14. The number of benzene rings is 1. The maximum Gasteiger partial charge on any atom is 0.252 e. The minimum absolute atomic E-state index is 0.141. The average molecular weight is 429 g/mol. The van der Waals surface area contributed by atoms with E-state index in [2.05, 4.69) is 19.2 Å². The molecule has 0 aliphatic carbocycles. The summed E-state index contributed by atoms with van der Waals surface area (Å²) in [7, 11) is -3.61. The molecule has 5 nitrogen and oxygen atoms in total. The van der Waals surface area contributed by atoms with Crippen molar-refractivity contribution in [3.05, 3.63) is 28.8 Å². The molecule has 1 fully saturated rings. The number of carbonyl (C=O) groups is 1. The lowest BCUT2D eigenvalue weighted by molar-refractivity contribution is 0.0945. The molecule has 1 aromatic rings. The van der Waals surface area contributed by atoms with Crippen LogP contribution in [0.5, 0.6) is 0 Å². The summed E-state index contributed by atoms with van der Waals surface area (Å²) in [4.78, 5) is 12.8. The molecule has 1 amide bonds. The van der Waals surface area contributed by atoms with E-state index in [0.29, 0.717) is 25.6 Å². The van der Waals surface area contributed by atoms with Gasteiger partial charge in [0.2, 0.25) is 10.0 Å². The molecule has 1 saturated heterocycles. The quantitative estimate of drug-likeness (QED) is 0.611. The van der Waals surface area contributed by atoms with Crippen molar-refractivity contribution in [2.45, 2.75) is 70.1 Å². The molecule has 1 heterocycles. The normalized spacial score (nSPS) is 17.1. The van der Waals surface area contributed by atoms with E-state index in [4.69, 9.17) is 11.6 Å². The van der Waals surface area contributed by atoms with Crippen molar-refractivity contribution in [3.8, 4) is 0 Å². The number of nitrogens with one attached hydrogen (secondary N) is 1. The molecule has 1 N–H and O–H groups in total. The van der Waals surface area contributed by atoms with Gasteiger partial charge in [0.15, 0.2) is 0 Å². The van der Waals surface area contributed by atoms with Crippen molar-refractivity contribution in [1.29, 1.82) is 0 Å². The Bertz CT molecular complexity index is 744. The third kappa shape index (κ3) is 6.19. The highest BCUT2D eigenvalue weighted by atomic mass is 35.5. The Morgan fingerprint density at radius 2 is 1.86 bits per heavy atom. The van der Waals surface area contributed by atoms with Crippen molar-refractivity contribution >= 4 is 27.5 Å². The molecule has 1 aliphatic rings. The summed E-state index contributed by atoms with van der Waals surface area (Å²) < 4.78 is 27.5. The van der Waals surface area contributed by atoms with E-state index in [1.807, 2.05) is 0 Å². The molecule has 0 bridgehead atoms. The second-order valence-corrected chi connectivity index (χ2v) is 9.93. The molecule has 0 saturated carbocycles. The topological polar surface area (TPSA) is 66.5 Å². The molecule has 1 unspecified atom stereocenters. The number of carbonyl (C=O) groups excluding carboxylic acids is 1. The summed E-state index contributed by atoms with van der Waals surface area (Å²) in [5, 5.41) is 3.21. The Labute approximate surface area is 174 Å². The van der Waals surface area contributed by atoms with Crippen LogP contribution in [0.15, 0.2) is 23.1 Å². The van der Waals surface area contributed by atoms with Crippen LogP contribution in [0, 0.1) is 5.92 Å². The van der Waals surface area contributed by atoms with Crippen LogP contribution in [-0.2, 0) is 10.0 Å². The molecule has 0 spiro atoms. The number of nitrogens with zero attached hydrogens (tertiary/aromatic N) is 1. The molecule has 2 rings (SSSR count). The smallest absolute Gasteiger partial charge is 0.252 e. The van der Waals surface area contributed by atoms with Gasteiger partial charge in [-0.1, -0.05) is 57.6 Å². The van der Waals surface area contributed by atoms with Gasteiger partial charge in [-0.2, -0.15) is 4.31 Å². The maximum absolute atomic E-state index is 13.0. The van der Waals surface area contributed by atoms with Crippen molar-refractivity contribution in [2.75, 3.05) is 19.6 Å². The number of amides is 1. The van der Waals surface area contributed by atoms with E-state index in [9.17, 15) is 13.2 Å². The lowest BCUT2D eigenvalue weighted by atomic mass is 9.99. The molecule has 158 valence electrons. The van der Waals surface area contributed by atoms with Crippen LogP contribution in [0.1, 0.15) is 75.6 Å². The third-order valence-electron chi connectivity index (χ3n) is 5.48. The van der Waals surface area contributed by atoms with Crippen LogP contribution < -0.4 is 5.32 Å². The van der Waals surface area contributed by atoms with Gasteiger partial charge in [0.05, 0.1) is 15.5 Å². The second kappa shape index (κ2) is 11.2. The third-order valence-corrected chi connectivity index (χ3v) is 7.70. The van der Waals surface area contributed by atoms with Crippen molar-refractivity contribution < 1.29 is 13.2 Å². The van der Waals surface area contributed by atoms with Crippen molar-refractivity contribution in [1.82, 2.24) is 9.62 Å². The molecule has 1 aromatic carbocycles. The summed E-state index contributed by atoms with van der Waals surface area (Å²) in [6.45, 7) is 5.91. The predicted octanol–water partition coefficient (Wildman–Crippen LogP) is 4.85. The van der Waals surface area contributed by atoms with Gasteiger partial charge in [-0.05, 0) is 43.4 Å². The molecule has 0 aromatic heterocycles. The van der Waals surface area contributed by atoms with Gasteiger partial charge in [-0.25, -0.2) is 8.42 Å². The van der Waals surface area contributed by atoms with Gasteiger partial charge < -0.3 is 5.32 Å². The molecule has 1 aliphatic heterocycles. The van der Waals surface area contributed by atoms with Crippen LogP contribution in [0.4, 0.5) is 0 Å². The highest BCUT2D eigenvalue weighted by molar-refractivity contribution is 7.89. The summed E-state index contributed by atoms with van der Waals surface area (Å²) >= 11 is 6.22. The monoisotopic (exact) mass is 428 g/mol. The Kier molecular flexibility index (Phi) is 9.25. The Morgan fingerprint density at radius 3 is 2.46 bits per heavy atom. The fourth-order valence-electron chi connectivity index (χ4n) is 3.55. The first-order valence-corrected chi connectivity index (χ1v) is 12.3. The van der Waals surface area contributed by atoms with E-state index in [0.717, 1.165) is 51.4 Å². The van der Waals surface area contributed by atoms with E-state index in [1.165, 1.54) is 22.5 Å². The standard InChI is InChI=1S/C21H33ClN2O3S/c1-3-5-10-17(4-2)16-23-21(25)19-15-18(11-12-20(19)22)28(26,27)24-13-8-6-7-9-14-24/h11-12,15,17H,3-10,13-14,16H2,1-2H3,(H,23,25). The number of hydrogen-bond donors (Lipinski definition) is 1. The van der Waals surface area contributed by atoms with Gasteiger partial charge >= 0.3 is 0 Å². The molecular formula is C21H33ClN2O3S. The fourth-order valence-corrected chi connectivity index (χ4v) is 5.29. The SMILES string of the molecule is CCCCC(CC)CNC(=O)c1cc(S(=O)(=O)N2CCCCCC2)ccc1Cl. The summed E-state index contributed by atoms with van der Waals surface area (Å²) in [5.74, 6) is 0.111. The average Bonchev–Trinajstić information content (AvgIpc) is 2.98. The second-order valence-electron chi connectivity index (χ2n) is 7.59. The molecule has 1 atom stereocenters. The van der Waals surface area contributed by atoms with Gasteiger partial charge in [0.1, 0.15) is 0 Å². The van der Waals surface area contributed by atoms with Crippen molar-refractivity contribution in [2.24, 2.45) is 5.92 Å². The molecule has 0 radical (unpaired) electrons. The van der Waals surface area contributed by atoms with Crippen LogP contribution in [0.2, 0.25) is 5.02 Å². The van der Waals surface area contributed by atoms with Gasteiger partial charge in [0, 0.05) is 19.6 Å². The molecule has 28 heavy (non-hydrogen) atoms. The van der Waals surface area contributed by atoms with Gasteiger partial charge in [-0.15, -0.1) is 0 Å². The number of sulfonamides is 1. The maximum atomic E-state index is 13.0. The van der Waals surface area contributed by atoms with Crippen LogP contribution >= 0.6 is 11.6 Å². The van der Waals surface area contributed by atoms with Gasteiger partial charge in [-0.3, -0.25) is 4.79 Å². The zero-order valence-corrected chi connectivity index (χ0v) is 18.6. The molecular weight excluding hydrogens is 396 g/mol. The largest absolute Gasteiger partial charge is 0.352 e. The van der Waals surface area contributed by atoms with E-state index in [1.54, 1.807) is 0 Å². The minimum Gasteiger partial charge on any atom is -0.352 e. The van der Waals surface area contributed by atoms with E-state index >= 15 is 0 Å². The first-order valence-electron chi connectivity index (χ1n) is 10.5. The highest BCUT2D eigenvalue weighted by Gasteiger charge is 2.26. The van der Waals surface area contributed by atoms with Crippen LogP contribution in [0.3, 0.4) is 0 Å². The summed E-state index contributed by atoms with van der Waals surface area (Å²) in [6, 6.07) is 4.43. The zero-order chi connectivity index (χ0) is 20.6. The lowest BCUT2D eigenvalue weighted by Crippen LogP contribution is -2.32. The molecule has 7 heteroatoms. The van der Waals surface area contributed by atoms with Gasteiger partial charge in [0.25, 0.3) is 5.91 Å². The van der Waals surface area contributed by atoms with Crippen LogP contribution in [0.25, 0.3) is 0 Å². The highest BCUT2D eigenvalue weighted by Crippen LogP contribution is 2.25. The number of halogens is 1. The summed E-state index contributed by atoms with van der Waals surface area (Å²) in [6.07, 6.45) is 8.19. The Hall–Kier alpha value is -1.11. The van der Waals surface area contributed by atoms with E-state index < -0.39 is 10.0 Å². The summed E-state index contributed by atoms with van der Waals surface area (Å²) in [5.41, 5.74) is 0.225. The van der Waals surface area contributed by atoms with E-state index in [-0.39, 0.29) is 21.4 Å². The first-order chi connectivity index (χ1) is 13.4. The Morgan fingerprint density at radius 1 is 1.18 bits per heavy atom.